The van der Waals surface area contributed by atoms with Crippen LogP contribution in [0.3, 0.4) is 0 Å². The van der Waals surface area contributed by atoms with Gasteiger partial charge in [0.2, 0.25) is 5.91 Å². The molecule has 0 bridgehead atoms. The average molecular weight is 267 g/mol. The van der Waals surface area contributed by atoms with Crippen molar-refractivity contribution < 1.29 is 4.79 Å². The Balaban J connectivity index is 1.80. The van der Waals surface area contributed by atoms with Gasteiger partial charge in [-0.05, 0) is 26.2 Å². The SMILES string of the molecule is CCc1cnc(C(C)NCC(=O)N(C)C2CC2)s1. The van der Waals surface area contributed by atoms with Crippen LogP contribution in [0.4, 0.5) is 0 Å². The van der Waals surface area contributed by atoms with Crippen molar-refractivity contribution in [2.24, 2.45) is 0 Å². The van der Waals surface area contributed by atoms with E-state index in [4.69, 9.17) is 0 Å². The van der Waals surface area contributed by atoms with Crippen molar-refractivity contribution in [2.75, 3.05) is 13.6 Å². The van der Waals surface area contributed by atoms with Crippen LogP contribution in [0, 0.1) is 0 Å². The van der Waals surface area contributed by atoms with E-state index in [1.165, 1.54) is 4.88 Å². The number of thiazole rings is 1. The maximum Gasteiger partial charge on any atom is 0.236 e. The smallest absolute Gasteiger partial charge is 0.236 e. The summed E-state index contributed by atoms with van der Waals surface area (Å²) < 4.78 is 0. The molecular formula is C13H21N3OS. The first-order chi connectivity index (χ1) is 8.61. The number of carbonyl (C=O) groups excluding carboxylic acids is 1. The molecule has 1 aliphatic rings. The standard InChI is InChI=1S/C13H21N3OS/c1-4-11-7-15-13(18-11)9(2)14-8-12(17)16(3)10-5-6-10/h7,9-10,14H,4-6,8H2,1-3H3. The highest BCUT2D eigenvalue weighted by molar-refractivity contribution is 7.11. The van der Waals surface area contributed by atoms with E-state index in [-0.39, 0.29) is 11.9 Å². The number of nitrogens with zero attached hydrogens (tertiary/aromatic N) is 2. The molecule has 1 saturated carbocycles. The topological polar surface area (TPSA) is 45.2 Å². The van der Waals surface area contributed by atoms with Crippen LogP contribution in [0.1, 0.15) is 42.6 Å². The van der Waals surface area contributed by atoms with Gasteiger partial charge in [0.25, 0.3) is 0 Å². The van der Waals surface area contributed by atoms with Crippen LogP contribution in [-0.4, -0.2) is 35.4 Å². The summed E-state index contributed by atoms with van der Waals surface area (Å²) in [5.74, 6) is 0.177. The molecule has 5 heteroatoms. The summed E-state index contributed by atoms with van der Waals surface area (Å²) in [4.78, 5) is 19.4. The second kappa shape index (κ2) is 5.80. The summed E-state index contributed by atoms with van der Waals surface area (Å²) in [6.07, 6.45) is 5.26. The third kappa shape index (κ3) is 3.29. The molecule has 0 saturated heterocycles. The fourth-order valence-electron chi connectivity index (χ4n) is 1.80. The van der Waals surface area contributed by atoms with Gasteiger partial charge >= 0.3 is 0 Å². The predicted molar refractivity (Wildman–Crippen MR) is 73.7 cm³/mol. The Hall–Kier alpha value is -0.940. The molecule has 2 rings (SSSR count). The van der Waals surface area contributed by atoms with Crippen molar-refractivity contribution >= 4 is 17.2 Å². The number of likely N-dealkylation sites (N-methyl/N-ethyl adjacent to an activating group) is 1. The summed E-state index contributed by atoms with van der Waals surface area (Å²) >= 11 is 1.72. The lowest BCUT2D eigenvalue weighted by atomic mass is 10.3. The molecule has 0 aromatic carbocycles. The number of nitrogens with one attached hydrogen (secondary N) is 1. The highest BCUT2D eigenvalue weighted by Crippen LogP contribution is 2.25. The molecule has 4 nitrogen and oxygen atoms in total. The van der Waals surface area contributed by atoms with Gasteiger partial charge < -0.3 is 4.90 Å². The van der Waals surface area contributed by atoms with E-state index in [1.807, 2.05) is 18.1 Å². The number of aryl methyl sites for hydroxylation is 1. The average Bonchev–Trinajstić information content (AvgIpc) is 3.12. The van der Waals surface area contributed by atoms with Crippen LogP contribution in [0.5, 0.6) is 0 Å². The maximum atomic E-state index is 11.9. The molecular weight excluding hydrogens is 246 g/mol. The van der Waals surface area contributed by atoms with E-state index in [9.17, 15) is 4.79 Å². The van der Waals surface area contributed by atoms with Crippen molar-refractivity contribution in [3.8, 4) is 0 Å². The van der Waals surface area contributed by atoms with Gasteiger partial charge in [0.15, 0.2) is 0 Å². The summed E-state index contributed by atoms with van der Waals surface area (Å²) in [5, 5.41) is 4.32. The number of rotatable bonds is 6. The van der Waals surface area contributed by atoms with E-state index in [1.54, 1.807) is 11.3 Å². The summed E-state index contributed by atoms with van der Waals surface area (Å²) in [7, 11) is 1.89. The Morgan fingerprint density at radius 2 is 2.39 bits per heavy atom. The molecule has 0 spiro atoms. The molecule has 100 valence electrons. The van der Waals surface area contributed by atoms with Crippen molar-refractivity contribution in [2.45, 2.75) is 45.2 Å². The monoisotopic (exact) mass is 267 g/mol. The van der Waals surface area contributed by atoms with Crippen molar-refractivity contribution in [3.05, 3.63) is 16.1 Å². The van der Waals surface area contributed by atoms with Crippen LogP contribution >= 0.6 is 11.3 Å². The van der Waals surface area contributed by atoms with E-state index < -0.39 is 0 Å². The molecule has 1 aromatic rings. The Kier molecular flexibility index (Phi) is 4.35. The molecule has 1 unspecified atom stereocenters. The van der Waals surface area contributed by atoms with Crippen LogP contribution < -0.4 is 5.32 Å². The van der Waals surface area contributed by atoms with Crippen LogP contribution in [0.15, 0.2) is 6.20 Å². The second-order valence-electron chi connectivity index (χ2n) is 4.86. The van der Waals surface area contributed by atoms with E-state index in [0.717, 1.165) is 24.3 Å². The lowest BCUT2D eigenvalue weighted by molar-refractivity contribution is -0.129. The van der Waals surface area contributed by atoms with E-state index >= 15 is 0 Å². The summed E-state index contributed by atoms with van der Waals surface area (Å²) in [5.41, 5.74) is 0. The zero-order chi connectivity index (χ0) is 13.1. The summed E-state index contributed by atoms with van der Waals surface area (Å²) in [6, 6.07) is 0.632. The minimum atomic E-state index is 0.145. The minimum absolute atomic E-state index is 0.145. The number of hydrogen-bond donors (Lipinski definition) is 1. The highest BCUT2D eigenvalue weighted by Gasteiger charge is 2.29. The van der Waals surface area contributed by atoms with E-state index in [0.29, 0.717) is 12.6 Å². The molecule has 1 aliphatic carbocycles. The molecule has 1 heterocycles. The Labute approximate surface area is 112 Å². The molecule has 0 radical (unpaired) electrons. The van der Waals surface area contributed by atoms with Gasteiger partial charge in [0.05, 0.1) is 12.6 Å². The molecule has 1 fully saturated rings. The molecule has 0 aliphatic heterocycles. The third-order valence-corrected chi connectivity index (χ3v) is 4.66. The maximum absolute atomic E-state index is 11.9. The number of hydrogen-bond acceptors (Lipinski definition) is 4. The zero-order valence-electron chi connectivity index (χ0n) is 11.3. The summed E-state index contributed by atoms with van der Waals surface area (Å²) in [6.45, 7) is 4.58. The van der Waals surface area contributed by atoms with Crippen molar-refractivity contribution in [3.63, 3.8) is 0 Å². The first-order valence-electron chi connectivity index (χ1n) is 6.55. The van der Waals surface area contributed by atoms with Crippen LogP contribution in [-0.2, 0) is 11.2 Å². The van der Waals surface area contributed by atoms with Gasteiger partial charge in [-0.3, -0.25) is 10.1 Å². The molecule has 1 amide bonds. The lowest BCUT2D eigenvalue weighted by Crippen LogP contribution is -2.37. The fraction of sp³-hybridized carbons (Fsp3) is 0.692. The molecule has 1 N–H and O–H groups in total. The molecule has 1 atom stereocenters. The van der Waals surface area contributed by atoms with Gasteiger partial charge in [0, 0.05) is 24.2 Å². The fourth-order valence-corrected chi connectivity index (χ4v) is 2.69. The lowest BCUT2D eigenvalue weighted by Gasteiger charge is -2.18. The van der Waals surface area contributed by atoms with Gasteiger partial charge in [-0.2, -0.15) is 0 Å². The number of carbonyl (C=O) groups is 1. The third-order valence-electron chi connectivity index (χ3n) is 3.34. The largest absolute Gasteiger partial charge is 0.342 e. The normalized spacial score (nSPS) is 16.6. The first-order valence-corrected chi connectivity index (χ1v) is 7.37. The minimum Gasteiger partial charge on any atom is -0.342 e. The van der Waals surface area contributed by atoms with Gasteiger partial charge in [-0.15, -0.1) is 11.3 Å². The first kappa shape index (κ1) is 13.5. The van der Waals surface area contributed by atoms with Crippen molar-refractivity contribution in [1.29, 1.82) is 0 Å². The zero-order valence-corrected chi connectivity index (χ0v) is 12.1. The van der Waals surface area contributed by atoms with Crippen molar-refractivity contribution in [1.82, 2.24) is 15.2 Å². The number of amides is 1. The van der Waals surface area contributed by atoms with E-state index in [2.05, 4.69) is 24.1 Å². The quantitative estimate of drug-likeness (QED) is 0.857. The number of aromatic nitrogens is 1. The predicted octanol–water partition coefficient (Wildman–Crippen LogP) is 1.98. The van der Waals surface area contributed by atoms with Crippen LogP contribution in [0.25, 0.3) is 0 Å². The molecule has 18 heavy (non-hydrogen) atoms. The Morgan fingerprint density at radius 1 is 1.67 bits per heavy atom. The van der Waals surface area contributed by atoms with Gasteiger partial charge in [-0.25, -0.2) is 4.98 Å². The van der Waals surface area contributed by atoms with Gasteiger partial charge in [0.1, 0.15) is 5.01 Å². The highest BCUT2D eigenvalue weighted by atomic mass is 32.1. The molecule has 1 aromatic heterocycles. The second-order valence-corrected chi connectivity index (χ2v) is 6.00. The van der Waals surface area contributed by atoms with Crippen LogP contribution in [0.2, 0.25) is 0 Å². The van der Waals surface area contributed by atoms with Gasteiger partial charge in [-0.1, -0.05) is 6.92 Å². The Bertz CT molecular complexity index is 414. The Morgan fingerprint density at radius 3 is 2.94 bits per heavy atom.